The zero-order chi connectivity index (χ0) is 21.7. The third-order valence-electron chi connectivity index (χ3n) is 4.54. The maximum absolute atomic E-state index is 12.5. The van der Waals surface area contributed by atoms with Crippen molar-refractivity contribution in [3.63, 3.8) is 0 Å². The normalized spacial score (nSPS) is 11.1. The number of anilines is 1. The van der Waals surface area contributed by atoms with Crippen molar-refractivity contribution in [2.24, 2.45) is 0 Å². The minimum atomic E-state index is -0.748. The number of carbonyl (C=O) groups is 2. The van der Waals surface area contributed by atoms with Gasteiger partial charge in [0.2, 0.25) is 0 Å². The van der Waals surface area contributed by atoms with Gasteiger partial charge < -0.3 is 19.8 Å². The molecule has 0 aliphatic heterocycles. The van der Waals surface area contributed by atoms with E-state index in [2.05, 4.69) is 21.7 Å². The maximum atomic E-state index is 12.5. The number of amides is 2. The van der Waals surface area contributed by atoms with Crippen molar-refractivity contribution in [2.45, 2.75) is 32.7 Å². The standard InChI is InChI=1S/C23H25N3O4/c1-15-6-5-7-16(10-15)12-23(2,3)26-22(28)21(27)25-17-8-9-18(19(11-17)29-4)20-13-24-14-30-20/h5-11,13-14H,12H2,1-4H3,(H,25,27)(H,26,28). The summed E-state index contributed by atoms with van der Waals surface area (Å²) in [6.45, 7) is 5.79. The van der Waals surface area contributed by atoms with Gasteiger partial charge in [0.1, 0.15) is 5.75 Å². The lowest BCUT2D eigenvalue weighted by atomic mass is 9.94. The van der Waals surface area contributed by atoms with Crippen LogP contribution in [0.15, 0.2) is 59.5 Å². The van der Waals surface area contributed by atoms with Gasteiger partial charge in [0, 0.05) is 17.3 Å². The van der Waals surface area contributed by atoms with Crippen LogP contribution in [-0.4, -0.2) is 29.4 Å². The van der Waals surface area contributed by atoms with Gasteiger partial charge in [-0.1, -0.05) is 29.8 Å². The van der Waals surface area contributed by atoms with Gasteiger partial charge in [0.25, 0.3) is 0 Å². The number of ether oxygens (including phenoxy) is 1. The molecule has 3 aromatic rings. The smallest absolute Gasteiger partial charge is 0.313 e. The van der Waals surface area contributed by atoms with Gasteiger partial charge in [-0.3, -0.25) is 9.59 Å². The first-order valence-corrected chi connectivity index (χ1v) is 9.53. The fourth-order valence-corrected chi connectivity index (χ4v) is 3.25. The Labute approximate surface area is 175 Å². The Morgan fingerprint density at radius 1 is 1.13 bits per heavy atom. The van der Waals surface area contributed by atoms with Crippen molar-refractivity contribution >= 4 is 17.5 Å². The second-order valence-electron chi connectivity index (χ2n) is 7.74. The van der Waals surface area contributed by atoms with Gasteiger partial charge in [-0.2, -0.15) is 0 Å². The predicted molar refractivity (Wildman–Crippen MR) is 114 cm³/mol. The van der Waals surface area contributed by atoms with Crippen molar-refractivity contribution in [1.29, 1.82) is 0 Å². The van der Waals surface area contributed by atoms with Crippen LogP contribution < -0.4 is 15.4 Å². The zero-order valence-electron chi connectivity index (χ0n) is 17.5. The number of rotatable bonds is 6. The molecule has 7 nitrogen and oxygen atoms in total. The molecule has 0 unspecified atom stereocenters. The number of aryl methyl sites for hydroxylation is 1. The molecule has 0 spiro atoms. The Morgan fingerprint density at radius 3 is 2.60 bits per heavy atom. The molecule has 7 heteroatoms. The lowest BCUT2D eigenvalue weighted by Crippen LogP contribution is -2.49. The topological polar surface area (TPSA) is 93.5 Å². The number of hydrogen-bond acceptors (Lipinski definition) is 5. The highest BCUT2D eigenvalue weighted by molar-refractivity contribution is 6.39. The first kappa shape index (κ1) is 21.1. The van der Waals surface area contributed by atoms with Crippen LogP contribution in [0.1, 0.15) is 25.0 Å². The molecule has 2 amide bonds. The molecule has 0 atom stereocenters. The summed E-state index contributed by atoms with van der Waals surface area (Å²) in [5, 5.41) is 5.41. The number of aromatic nitrogens is 1. The average molecular weight is 407 g/mol. The van der Waals surface area contributed by atoms with Gasteiger partial charge in [-0.25, -0.2) is 4.98 Å². The molecule has 2 N–H and O–H groups in total. The molecule has 0 bridgehead atoms. The average Bonchev–Trinajstić information content (AvgIpc) is 3.21. The largest absolute Gasteiger partial charge is 0.496 e. The van der Waals surface area contributed by atoms with Crippen molar-refractivity contribution in [3.8, 4) is 17.1 Å². The first-order chi connectivity index (χ1) is 14.3. The van der Waals surface area contributed by atoms with Crippen LogP contribution in [0.25, 0.3) is 11.3 Å². The number of methoxy groups -OCH3 is 1. The number of oxazole rings is 1. The van der Waals surface area contributed by atoms with E-state index < -0.39 is 17.4 Å². The Hall–Kier alpha value is -3.61. The van der Waals surface area contributed by atoms with E-state index in [0.717, 1.165) is 11.1 Å². The summed E-state index contributed by atoms with van der Waals surface area (Å²) in [5.74, 6) is -0.419. The highest BCUT2D eigenvalue weighted by Gasteiger charge is 2.25. The molecular formula is C23H25N3O4. The van der Waals surface area contributed by atoms with Gasteiger partial charge in [0.15, 0.2) is 12.2 Å². The Bertz CT molecular complexity index is 1040. The van der Waals surface area contributed by atoms with Gasteiger partial charge in [-0.05, 0) is 44.9 Å². The van der Waals surface area contributed by atoms with E-state index in [1.54, 1.807) is 24.4 Å². The SMILES string of the molecule is COc1cc(NC(=O)C(=O)NC(C)(C)Cc2cccc(C)c2)ccc1-c1cnco1. The zero-order valence-corrected chi connectivity index (χ0v) is 17.5. The summed E-state index contributed by atoms with van der Waals surface area (Å²) in [4.78, 5) is 28.8. The van der Waals surface area contributed by atoms with Crippen LogP contribution >= 0.6 is 0 Å². The number of nitrogens with one attached hydrogen (secondary N) is 2. The minimum Gasteiger partial charge on any atom is -0.496 e. The molecular weight excluding hydrogens is 382 g/mol. The Morgan fingerprint density at radius 2 is 1.93 bits per heavy atom. The number of hydrogen-bond donors (Lipinski definition) is 2. The molecule has 1 heterocycles. The summed E-state index contributed by atoms with van der Waals surface area (Å²) < 4.78 is 10.7. The van der Waals surface area contributed by atoms with Crippen LogP contribution in [0.3, 0.4) is 0 Å². The quantitative estimate of drug-likeness (QED) is 0.607. The third-order valence-corrected chi connectivity index (χ3v) is 4.54. The van der Waals surface area contributed by atoms with Crippen LogP contribution in [0.5, 0.6) is 5.75 Å². The molecule has 1 aromatic heterocycles. The fourth-order valence-electron chi connectivity index (χ4n) is 3.25. The van der Waals surface area contributed by atoms with Crippen molar-refractivity contribution in [1.82, 2.24) is 10.3 Å². The summed E-state index contributed by atoms with van der Waals surface area (Å²) in [6.07, 6.45) is 3.50. The molecule has 0 fully saturated rings. The molecule has 156 valence electrons. The van der Waals surface area contributed by atoms with Crippen LogP contribution in [0.2, 0.25) is 0 Å². The number of benzene rings is 2. The summed E-state index contributed by atoms with van der Waals surface area (Å²) in [5.41, 5.74) is 2.78. The van der Waals surface area contributed by atoms with Gasteiger partial charge in [-0.15, -0.1) is 0 Å². The second kappa shape index (κ2) is 8.82. The number of nitrogens with zero attached hydrogens (tertiary/aromatic N) is 1. The Kier molecular flexibility index (Phi) is 6.20. The lowest BCUT2D eigenvalue weighted by Gasteiger charge is -2.26. The third kappa shape index (κ3) is 5.26. The molecule has 0 radical (unpaired) electrons. The highest BCUT2D eigenvalue weighted by Crippen LogP contribution is 2.32. The van der Waals surface area contributed by atoms with E-state index in [-0.39, 0.29) is 0 Å². The summed E-state index contributed by atoms with van der Waals surface area (Å²) >= 11 is 0. The molecule has 30 heavy (non-hydrogen) atoms. The van der Waals surface area contributed by atoms with Crippen molar-refractivity contribution in [2.75, 3.05) is 12.4 Å². The molecule has 2 aromatic carbocycles. The van der Waals surface area contributed by atoms with Crippen molar-refractivity contribution in [3.05, 3.63) is 66.2 Å². The monoisotopic (exact) mass is 407 g/mol. The van der Waals surface area contributed by atoms with Crippen molar-refractivity contribution < 1.29 is 18.7 Å². The van der Waals surface area contributed by atoms with E-state index in [1.165, 1.54) is 13.5 Å². The lowest BCUT2D eigenvalue weighted by molar-refractivity contribution is -0.137. The second-order valence-corrected chi connectivity index (χ2v) is 7.74. The van der Waals surface area contributed by atoms with Gasteiger partial charge >= 0.3 is 11.8 Å². The molecule has 0 aliphatic rings. The molecule has 0 saturated carbocycles. The fraction of sp³-hybridized carbons (Fsp3) is 0.261. The van der Waals surface area contributed by atoms with E-state index in [4.69, 9.17) is 9.15 Å². The Balaban J connectivity index is 1.65. The van der Waals surface area contributed by atoms with E-state index >= 15 is 0 Å². The van der Waals surface area contributed by atoms with Gasteiger partial charge in [0.05, 0.1) is 18.9 Å². The van der Waals surface area contributed by atoms with E-state index in [9.17, 15) is 9.59 Å². The van der Waals surface area contributed by atoms with Crippen LogP contribution in [0.4, 0.5) is 5.69 Å². The van der Waals surface area contributed by atoms with E-state index in [1.807, 2.05) is 39.0 Å². The number of carbonyl (C=O) groups excluding carboxylic acids is 2. The van der Waals surface area contributed by atoms with Crippen LogP contribution in [-0.2, 0) is 16.0 Å². The predicted octanol–water partition coefficient (Wildman–Crippen LogP) is 3.73. The molecule has 3 rings (SSSR count). The molecule has 0 saturated heterocycles. The summed E-state index contributed by atoms with van der Waals surface area (Å²) in [7, 11) is 1.52. The minimum absolute atomic E-state index is 0.437. The molecule has 0 aliphatic carbocycles. The van der Waals surface area contributed by atoms with E-state index in [0.29, 0.717) is 29.2 Å². The van der Waals surface area contributed by atoms with Crippen LogP contribution in [0, 0.1) is 6.92 Å². The first-order valence-electron chi connectivity index (χ1n) is 9.53. The maximum Gasteiger partial charge on any atom is 0.313 e. The summed E-state index contributed by atoms with van der Waals surface area (Å²) in [6, 6.07) is 13.1. The highest BCUT2D eigenvalue weighted by atomic mass is 16.5.